The van der Waals surface area contributed by atoms with Gasteiger partial charge in [0.25, 0.3) is 0 Å². The average molecular weight is 294 g/mol. The maximum atomic E-state index is 12.9. The van der Waals surface area contributed by atoms with Crippen molar-refractivity contribution in [3.63, 3.8) is 0 Å². The number of rotatable bonds is 5. The summed E-state index contributed by atoms with van der Waals surface area (Å²) in [5.74, 6) is 0.944. The van der Waals surface area contributed by atoms with Gasteiger partial charge in [-0.1, -0.05) is 35.3 Å². The van der Waals surface area contributed by atoms with E-state index in [-0.39, 0.29) is 5.82 Å². The van der Waals surface area contributed by atoms with E-state index in [9.17, 15) is 4.39 Å². The zero-order chi connectivity index (χ0) is 11.3. The van der Waals surface area contributed by atoms with Crippen LogP contribution in [0.5, 0.6) is 0 Å². The van der Waals surface area contributed by atoms with E-state index in [1.807, 2.05) is 6.07 Å². The fourth-order valence-electron chi connectivity index (χ4n) is 1.64. The Labute approximate surface area is 104 Å². The van der Waals surface area contributed by atoms with Crippen molar-refractivity contribution in [3.05, 3.63) is 34.1 Å². The fourth-order valence-corrected chi connectivity index (χ4v) is 2.42. The minimum Gasteiger partial charge on any atom is -0.207 e. The second-order valence-corrected chi connectivity index (χ2v) is 4.91. The van der Waals surface area contributed by atoms with E-state index in [0.29, 0.717) is 11.8 Å². The quantitative estimate of drug-likeness (QED) is 0.685. The van der Waals surface area contributed by atoms with Gasteiger partial charge in [-0.05, 0) is 36.5 Å². The number of halogens is 3. The van der Waals surface area contributed by atoms with E-state index >= 15 is 0 Å². The fraction of sp³-hybridized carbons (Fsp3) is 0.500. The van der Waals surface area contributed by atoms with Crippen LogP contribution in [0.3, 0.4) is 0 Å². The van der Waals surface area contributed by atoms with Crippen molar-refractivity contribution >= 4 is 27.5 Å². The molecule has 0 saturated carbocycles. The third-order valence-corrected chi connectivity index (χ3v) is 3.61. The van der Waals surface area contributed by atoms with Crippen LogP contribution in [-0.4, -0.2) is 5.88 Å². The third kappa shape index (κ3) is 4.12. The van der Waals surface area contributed by atoms with Gasteiger partial charge in [0.15, 0.2) is 0 Å². The van der Waals surface area contributed by atoms with Crippen LogP contribution in [0.2, 0.25) is 0 Å². The first-order chi connectivity index (χ1) is 7.17. The summed E-state index contributed by atoms with van der Waals surface area (Å²) in [7, 11) is 0. The van der Waals surface area contributed by atoms with Crippen molar-refractivity contribution in [2.75, 3.05) is 5.88 Å². The molecule has 0 fully saturated rings. The summed E-state index contributed by atoms with van der Waals surface area (Å²) in [5, 5.41) is 0. The minimum absolute atomic E-state index is 0.205. The second kappa shape index (κ2) is 6.49. The lowest BCUT2D eigenvalue weighted by Gasteiger charge is -2.13. The third-order valence-electron chi connectivity index (χ3n) is 2.44. The molecule has 0 bridgehead atoms. The lowest BCUT2D eigenvalue weighted by Crippen LogP contribution is -2.06. The van der Waals surface area contributed by atoms with Crippen LogP contribution >= 0.6 is 27.5 Å². The van der Waals surface area contributed by atoms with E-state index in [4.69, 9.17) is 11.6 Å². The lowest BCUT2D eigenvalue weighted by atomic mass is 9.97. The Morgan fingerprint density at radius 3 is 2.73 bits per heavy atom. The van der Waals surface area contributed by atoms with E-state index in [1.165, 1.54) is 12.1 Å². The molecule has 1 aromatic rings. The van der Waals surface area contributed by atoms with Crippen LogP contribution < -0.4 is 0 Å². The van der Waals surface area contributed by atoms with E-state index in [0.717, 1.165) is 29.3 Å². The standard InChI is InChI=1S/C12H15BrClF/c1-2-3-9(8-14)6-10-4-5-11(15)7-12(10)13/h4-5,7,9H,2-3,6,8H2,1H3. The van der Waals surface area contributed by atoms with Crippen LogP contribution in [0.4, 0.5) is 4.39 Å². The van der Waals surface area contributed by atoms with Crippen LogP contribution in [0.25, 0.3) is 0 Å². The van der Waals surface area contributed by atoms with Gasteiger partial charge in [-0.15, -0.1) is 11.6 Å². The summed E-state index contributed by atoms with van der Waals surface area (Å²) >= 11 is 9.26. The van der Waals surface area contributed by atoms with Crippen molar-refractivity contribution in [3.8, 4) is 0 Å². The zero-order valence-corrected chi connectivity index (χ0v) is 11.1. The van der Waals surface area contributed by atoms with Gasteiger partial charge in [0.2, 0.25) is 0 Å². The van der Waals surface area contributed by atoms with Crippen molar-refractivity contribution in [1.82, 2.24) is 0 Å². The molecular weight excluding hydrogens is 278 g/mol. The van der Waals surface area contributed by atoms with Gasteiger partial charge in [-0.3, -0.25) is 0 Å². The topological polar surface area (TPSA) is 0 Å². The van der Waals surface area contributed by atoms with E-state index in [2.05, 4.69) is 22.9 Å². The lowest BCUT2D eigenvalue weighted by molar-refractivity contribution is 0.526. The van der Waals surface area contributed by atoms with Gasteiger partial charge in [0.05, 0.1) is 0 Å². The number of hydrogen-bond acceptors (Lipinski definition) is 0. The molecule has 15 heavy (non-hydrogen) atoms. The smallest absolute Gasteiger partial charge is 0.124 e. The molecular formula is C12H15BrClF. The van der Waals surface area contributed by atoms with Crippen molar-refractivity contribution in [2.24, 2.45) is 5.92 Å². The Kier molecular flexibility index (Phi) is 5.62. The highest BCUT2D eigenvalue weighted by molar-refractivity contribution is 9.10. The Morgan fingerprint density at radius 1 is 1.47 bits per heavy atom. The molecule has 1 atom stereocenters. The van der Waals surface area contributed by atoms with Crippen molar-refractivity contribution in [1.29, 1.82) is 0 Å². The molecule has 0 aromatic heterocycles. The van der Waals surface area contributed by atoms with Gasteiger partial charge < -0.3 is 0 Å². The average Bonchev–Trinajstić information content (AvgIpc) is 2.21. The highest BCUT2D eigenvalue weighted by Gasteiger charge is 2.10. The van der Waals surface area contributed by atoms with Crippen molar-refractivity contribution in [2.45, 2.75) is 26.2 Å². The molecule has 0 radical (unpaired) electrons. The van der Waals surface area contributed by atoms with Gasteiger partial charge in [-0.25, -0.2) is 4.39 Å². The molecule has 0 spiro atoms. The number of benzene rings is 1. The van der Waals surface area contributed by atoms with E-state index in [1.54, 1.807) is 0 Å². The van der Waals surface area contributed by atoms with Gasteiger partial charge in [-0.2, -0.15) is 0 Å². The molecule has 0 aliphatic rings. The number of alkyl halides is 1. The first-order valence-corrected chi connectivity index (χ1v) is 6.50. The number of hydrogen-bond donors (Lipinski definition) is 0. The molecule has 3 heteroatoms. The summed E-state index contributed by atoms with van der Waals surface area (Å²) in [5.41, 5.74) is 1.13. The van der Waals surface area contributed by atoms with Gasteiger partial charge in [0, 0.05) is 10.4 Å². The normalized spacial score (nSPS) is 12.8. The molecule has 0 amide bonds. The Morgan fingerprint density at radius 2 is 2.20 bits per heavy atom. The molecule has 0 heterocycles. The molecule has 0 saturated heterocycles. The molecule has 0 N–H and O–H groups in total. The van der Waals surface area contributed by atoms with Crippen LogP contribution in [0.15, 0.2) is 22.7 Å². The Hall–Kier alpha value is -0.0800. The van der Waals surface area contributed by atoms with Crippen molar-refractivity contribution < 1.29 is 4.39 Å². The van der Waals surface area contributed by atoms with Crippen LogP contribution in [-0.2, 0) is 6.42 Å². The molecule has 0 nitrogen and oxygen atoms in total. The first kappa shape index (κ1) is 13.0. The predicted molar refractivity (Wildman–Crippen MR) is 66.9 cm³/mol. The Bertz CT molecular complexity index is 314. The van der Waals surface area contributed by atoms with Crippen LogP contribution in [0.1, 0.15) is 25.3 Å². The Balaban J connectivity index is 2.70. The first-order valence-electron chi connectivity index (χ1n) is 5.17. The monoisotopic (exact) mass is 292 g/mol. The van der Waals surface area contributed by atoms with Gasteiger partial charge >= 0.3 is 0 Å². The largest absolute Gasteiger partial charge is 0.207 e. The second-order valence-electron chi connectivity index (χ2n) is 3.75. The SMILES string of the molecule is CCCC(CCl)Cc1ccc(F)cc1Br. The maximum absolute atomic E-state index is 12.9. The summed E-state index contributed by atoms with van der Waals surface area (Å²) < 4.78 is 13.7. The van der Waals surface area contributed by atoms with Gasteiger partial charge in [0.1, 0.15) is 5.82 Å². The molecule has 1 rings (SSSR count). The summed E-state index contributed by atoms with van der Waals surface area (Å²) in [4.78, 5) is 0. The summed E-state index contributed by atoms with van der Waals surface area (Å²) in [6.07, 6.45) is 3.17. The highest BCUT2D eigenvalue weighted by atomic mass is 79.9. The summed E-state index contributed by atoms with van der Waals surface area (Å²) in [6, 6.07) is 4.83. The molecule has 0 aliphatic heterocycles. The molecule has 1 aromatic carbocycles. The summed E-state index contributed by atoms with van der Waals surface area (Å²) in [6.45, 7) is 2.15. The highest BCUT2D eigenvalue weighted by Crippen LogP contribution is 2.23. The zero-order valence-electron chi connectivity index (χ0n) is 8.77. The maximum Gasteiger partial charge on any atom is 0.124 e. The molecule has 0 aliphatic carbocycles. The predicted octanol–water partition coefficient (Wildman–Crippen LogP) is 4.79. The van der Waals surface area contributed by atoms with E-state index < -0.39 is 0 Å². The van der Waals surface area contributed by atoms with Crippen LogP contribution in [0, 0.1) is 11.7 Å². The molecule has 84 valence electrons. The molecule has 1 unspecified atom stereocenters. The minimum atomic E-state index is -0.205.